The molecule has 2 aliphatic rings. The Morgan fingerprint density at radius 1 is 0.956 bits per heavy atom. The van der Waals surface area contributed by atoms with E-state index in [9.17, 15) is 36.3 Å². The summed E-state index contributed by atoms with van der Waals surface area (Å²) >= 11 is 18.7. The average molecular weight is 693 g/mol. The van der Waals surface area contributed by atoms with E-state index < -0.39 is 87.3 Å². The van der Waals surface area contributed by atoms with Gasteiger partial charge in [0.25, 0.3) is 0 Å². The molecular weight excluding hydrogens is 671 g/mol. The van der Waals surface area contributed by atoms with Crippen LogP contribution in [0.15, 0.2) is 48.5 Å². The SMILES string of the molecule is O=C(Cc1ccc(F)c(CC(=O)[C@@H]2CCCO2)c1F)c1cc(NC(=O)[C@H]2[C@H](c3ccc(F)c(C(F)(F)F)c3)C2(Cl)Cl)ccc1Cl. The molecule has 14 heteroatoms. The van der Waals surface area contributed by atoms with Crippen LogP contribution in [0.2, 0.25) is 5.02 Å². The Bertz CT molecular complexity index is 1690. The third kappa shape index (κ3) is 6.86. The van der Waals surface area contributed by atoms with Crippen molar-refractivity contribution in [1.82, 2.24) is 0 Å². The lowest BCUT2D eigenvalue weighted by Crippen LogP contribution is -2.23. The van der Waals surface area contributed by atoms with Crippen LogP contribution in [0.4, 0.5) is 32.0 Å². The molecule has 3 aromatic rings. The number of ether oxygens (including phenoxy) is 1. The number of Topliss-reactive ketones (excluding diaryl/α,β-unsaturated/α-hetero) is 2. The minimum Gasteiger partial charge on any atom is -0.370 e. The zero-order chi connectivity index (χ0) is 32.8. The first-order valence-electron chi connectivity index (χ1n) is 13.6. The fourth-order valence-corrected chi connectivity index (χ4v) is 6.44. The maximum absolute atomic E-state index is 15.3. The smallest absolute Gasteiger partial charge is 0.370 e. The van der Waals surface area contributed by atoms with Crippen LogP contribution in [-0.4, -0.2) is 34.5 Å². The van der Waals surface area contributed by atoms with Crippen molar-refractivity contribution in [1.29, 1.82) is 0 Å². The number of alkyl halides is 5. The molecule has 0 radical (unpaired) electrons. The van der Waals surface area contributed by atoms with Gasteiger partial charge in [-0.25, -0.2) is 13.2 Å². The highest BCUT2D eigenvalue weighted by Gasteiger charge is 2.67. The molecule has 2 fully saturated rings. The van der Waals surface area contributed by atoms with Crippen LogP contribution in [0.25, 0.3) is 0 Å². The highest BCUT2D eigenvalue weighted by molar-refractivity contribution is 6.53. The molecule has 5 nitrogen and oxygen atoms in total. The van der Waals surface area contributed by atoms with E-state index in [0.717, 1.165) is 18.2 Å². The number of benzene rings is 3. The third-order valence-electron chi connectivity index (χ3n) is 7.78. The largest absolute Gasteiger partial charge is 0.419 e. The molecule has 45 heavy (non-hydrogen) atoms. The van der Waals surface area contributed by atoms with Gasteiger partial charge in [0.05, 0.1) is 16.5 Å². The van der Waals surface area contributed by atoms with E-state index in [4.69, 9.17) is 39.5 Å². The van der Waals surface area contributed by atoms with Crippen LogP contribution in [0.1, 0.15) is 51.4 Å². The summed E-state index contributed by atoms with van der Waals surface area (Å²) in [6.45, 7) is 0.382. The van der Waals surface area contributed by atoms with Gasteiger partial charge in [-0.2, -0.15) is 13.2 Å². The van der Waals surface area contributed by atoms with Gasteiger partial charge in [-0.1, -0.05) is 23.7 Å². The van der Waals surface area contributed by atoms with Crippen LogP contribution in [-0.2, 0) is 33.3 Å². The number of anilines is 1. The van der Waals surface area contributed by atoms with E-state index in [0.29, 0.717) is 31.6 Å². The Morgan fingerprint density at radius 3 is 2.33 bits per heavy atom. The lowest BCUT2D eigenvalue weighted by atomic mass is 9.96. The van der Waals surface area contributed by atoms with Crippen LogP contribution in [0.3, 0.4) is 0 Å². The average Bonchev–Trinajstić information content (AvgIpc) is 3.27. The van der Waals surface area contributed by atoms with Crippen LogP contribution in [0, 0.1) is 23.4 Å². The standard InChI is InChI=1S/C31H22Cl3F6NO4/c32-20-6-5-16(41-29(44)27-26(30(27,33)34)14-3-8-22(36)19(10-14)31(38,39)40)12-17(20)23(42)11-15-4-7-21(35)18(28(15)37)13-24(43)25-2-1-9-45-25/h3-8,10,12,25-27H,1-2,9,11,13H2,(H,41,44)/t25-,26-,27+/m0/s1. The number of hydrogen-bond acceptors (Lipinski definition) is 4. The van der Waals surface area contributed by atoms with Crippen molar-refractivity contribution in [3.8, 4) is 0 Å². The summed E-state index contributed by atoms with van der Waals surface area (Å²) in [6.07, 6.45) is -5.73. The number of halogens is 9. The quantitative estimate of drug-likeness (QED) is 0.140. The second-order valence-corrected chi connectivity index (χ2v) is 12.6. The Balaban J connectivity index is 1.31. The topological polar surface area (TPSA) is 72.5 Å². The fourth-order valence-electron chi connectivity index (χ4n) is 5.39. The van der Waals surface area contributed by atoms with Gasteiger partial charge in [-0.05, 0) is 60.4 Å². The van der Waals surface area contributed by atoms with Crippen LogP contribution >= 0.6 is 34.8 Å². The Hall–Kier alpha value is -3.12. The first-order valence-corrected chi connectivity index (χ1v) is 14.7. The second kappa shape index (κ2) is 12.6. The highest BCUT2D eigenvalue weighted by atomic mass is 35.5. The van der Waals surface area contributed by atoms with E-state index in [1.54, 1.807) is 0 Å². The predicted octanol–water partition coefficient (Wildman–Crippen LogP) is 8.02. The molecule has 0 bridgehead atoms. The number of carbonyl (C=O) groups excluding carboxylic acids is 3. The molecule has 3 aromatic carbocycles. The summed E-state index contributed by atoms with van der Waals surface area (Å²) in [6, 6.07) is 8.07. The lowest BCUT2D eigenvalue weighted by molar-refractivity contribution is -0.140. The molecule has 0 spiro atoms. The van der Waals surface area contributed by atoms with Crippen LogP contribution in [0.5, 0.6) is 0 Å². The van der Waals surface area contributed by atoms with E-state index in [1.807, 2.05) is 0 Å². The zero-order valence-corrected chi connectivity index (χ0v) is 25.2. The highest BCUT2D eigenvalue weighted by Crippen LogP contribution is 2.65. The fraction of sp³-hybridized carbons (Fsp3) is 0.323. The molecular formula is C31H22Cl3F6NO4. The zero-order valence-electron chi connectivity index (χ0n) is 22.9. The van der Waals surface area contributed by atoms with Gasteiger partial charge in [-0.15, -0.1) is 23.2 Å². The van der Waals surface area contributed by atoms with Gasteiger partial charge in [0.1, 0.15) is 27.9 Å². The number of carbonyl (C=O) groups is 3. The van der Waals surface area contributed by atoms with Crippen molar-refractivity contribution in [3.63, 3.8) is 0 Å². The first-order chi connectivity index (χ1) is 21.1. The molecule has 238 valence electrons. The first kappa shape index (κ1) is 33.2. The maximum atomic E-state index is 15.3. The molecule has 1 saturated heterocycles. The van der Waals surface area contributed by atoms with Crippen molar-refractivity contribution in [3.05, 3.63) is 98.8 Å². The van der Waals surface area contributed by atoms with Gasteiger partial charge in [0.15, 0.2) is 11.6 Å². The second-order valence-electron chi connectivity index (χ2n) is 10.8. The normalized spacial score (nSPS) is 20.6. The minimum atomic E-state index is -4.99. The summed E-state index contributed by atoms with van der Waals surface area (Å²) in [5.41, 5.74) is -2.39. The molecule has 1 heterocycles. The van der Waals surface area contributed by atoms with E-state index in [2.05, 4.69) is 5.32 Å². The molecule has 3 atom stereocenters. The number of ketones is 2. The monoisotopic (exact) mass is 691 g/mol. The molecule has 5 rings (SSSR count). The number of rotatable bonds is 9. The Labute approximate surface area is 267 Å². The molecule has 1 aliphatic heterocycles. The molecule has 0 aromatic heterocycles. The number of amides is 1. The van der Waals surface area contributed by atoms with Crippen molar-refractivity contribution < 1.29 is 45.5 Å². The van der Waals surface area contributed by atoms with Gasteiger partial charge in [-0.3, -0.25) is 14.4 Å². The van der Waals surface area contributed by atoms with Gasteiger partial charge < -0.3 is 10.1 Å². The molecule has 1 amide bonds. The minimum absolute atomic E-state index is 0.0417. The lowest BCUT2D eigenvalue weighted by Gasteiger charge is -2.13. The van der Waals surface area contributed by atoms with E-state index in [-0.39, 0.29) is 27.4 Å². The Morgan fingerprint density at radius 2 is 1.67 bits per heavy atom. The van der Waals surface area contributed by atoms with Gasteiger partial charge in [0, 0.05) is 42.2 Å². The molecule has 1 aliphatic carbocycles. The van der Waals surface area contributed by atoms with Crippen molar-refractivity contribution in [2.24, 2.45) is 5.92 Å². The van der Waals surface area contributed by atoms with Gasteiger partial charge >= 0.3 is 6.18 Å². The van der Waals surface area contributed by atoms with Crippen molar-refractivity contribution >= 4 is 58.0 Å². The Kier molecular flexibility index (Phi) is 9.30. The summed E-state index contributed by atoms with van der Waals surface area (Å²) < 4.78 is 86.6. The summed E-state index contributed by atoms with van der Waals surface area (Å²) in [5.74, 6) is -7.79. The summed E-state index contributed by atoms with van der Waals surface area (Å²) in [5, 5.41) is 2.44. The molecule has 1 N–H and O–H groups in total. The number of hydrogen-bond donors (Lipinski definition) is 1. The van der Waals surface area contributed by atoms with E-state index >= 15 is 4.39 Å². The maximum Gasteiger partial charge on any atom is 0.419 e. The molecule has 0 unspecified atom stereocenters. The number of nitrogens with one attached hydrogen (secondary N) is 1. The third-order valence-corrected chi connectivity index (χ3v) is 9.05. The predicted molar refractivity (Wildman–Crippen MR) is 154 cm³/mol. The van der Waals surface area contributed by atoms with Crippen molar-refractivity contribution in [2.75, 3.05) is 11.9 Å². The van der Waals surface area contributed by atoms with Crippen LogP contribution < -0.4 is 5.32 Å². The van der Waals surface area contributed by atoms with Gasteiger partial charge in [0.2, 0.25) is 5.91 Å². The van der Waals surface area contributed by atoms with Crippen molar-refractivity contribution in [2.45, 2.75) is 48.2 Å². The van der Waals surface area contributed by atoms with E-state index in [1.165, 1.54) is 18.2 Å². The summed E-state index contributed by atoms with van der Waals surface area (Å²) in [4.78, 5) is 38.7. The summed E-state index contributed by atoms with van der Waals surface area (Å²) in [7, 11) is 0. The molecule has 1 saturated carbocycles.